The van der Waals surface area contributed by atoms with E-state index >= 15 is 0 Å². The van der Waals surface area contributed by atoms with Crippen molar-refractivity contribution in [1.29, 1.82) is 0 Å². The van der Waals surface area contributed by atoms with E-state index in [0.29, 0.717) is 6.42 Å². The van der Waals surface area contributed by atoms with Crippen LogP contribution in [0.4, 0.5) is 0 Å². The number of hydrogen-bond donors (Lipinski definition) is 2. The van der Waals surface area contributed by atoms with Crippen molar-refractivity contribution < 1.29 is 37.6 Å². The third-order valence-electron chi connectivity index (χ3n) is 9.66. The van der Waals surface area contributed by atoms with Gasteiger partial charge in [0.1, 0.15) is 6.61 Å². The maximum Gasteiger partial charge on any atom is 0.472 e. The molecule has 0 saturated heterocycles. The number of ether oxygens (including phenoxy) is 2. The molecule has 314 valence electrons. The van der Waals surface area contributed by atoms with E-state index in [4.69, 9.17) is 24.3 Å². The molecule has 10 heteroatoms. The van der Waals surface area contributed by atoms with E-state index in [1.54, 1.807) is 0 Å². The number of hydrogen-bond acceptors (Lipinski definition) is 8. The third-order valence-corrected chi connectivity index (χ3v) is 10.6. The molecule has 0 heterocycles. The molecule has 0 aliphatic carbocycles. The lowest BCUT2D eigenvalue weighted by atomic mass is 10.0. The van der Waals surface area contributed by atoms with E-state index in [9.17, 15) is 19.0 Å². The van der Waals surface area contributed by atoms with E-state index < -0.39 is 26.5 Å². The highest BCUT2D eigenvalue weighted by atomic mass is 31.2. The molecule has 0 radical (unpaired) electrons. The second kappa shape index (κ2) is 40.4. The van der Waals surface area contributed by atoms with Gasteiger partial charge in [-0.15, -0.1) is 0 Å². The van der Waals surface area contributed by atoms with Crippen LogP contribution in [0.2, 0.25) is 0 Å². The third kappa shape index (κ3) is 40.2. The normalized spacial score (nSPS) is 13.4. The van der Waals surface area contributed by atoms with E-state index in [0.717, 1.165) is 32.1 Å². The lowest BCUT2D eigenvalue weighted by molar-refractivity contribution is -0.161. The van der Waals surface area contributed by atoms with Crippen LogP contribution in [0.25, 0.3) is 0 Å². The number of rotatable bonds is 42. The lowest BCUT2D eigenvalue weighted by Gasteiger charge is -2.19. The van der Waals surface area contributed by atoms with Crippen LogP contribution in [-0.4, -0.2) is 49.3 Å². The zero-order valence-electron chi connectivity index (χ0n) is 34.5. The Labute approximate surface area is 326 Å². The van der Waals surface area contributed by atoms with E-state index in [2.05, 4.69) is 19.9 Å². The van der Waals surface area contributed by atoms with Crippen molar-refractivity contribution in [2.24, 2.45) is 5.73 Å². The lowest BCUT2D eigenvalue weighted by Crippen LogP contribution is -2.29. The summed E-state index contributed by atoms with van der Waals surface area (Å²) in [4.78, 5) is 34.8. The van der Waals surface area contributed by atoms with Crippen LogP contribution in [0.1, 0.15) is 219 Å². The molecule has 0 bridgehead atoms. The fourth-order valence-electron chi connectivity index (χ4n) is 6.36. The maximum absolute atomic E-state index is 12.6. The molecular formula is C43H84NO8P. The number of allylic oxidation sites excluding steroid dienone is 2. The van der Waals surface area contributed by atoms with E-state index in [-0.39, 0.29) is 38.6 Å². The summed E-state index contributed by atoms with van der Waals surface area (Å²) in [6.07, 6.45) is 41.1. The number of unbranched alkanes of at least 4 members (excludes halogenated alkanes) is 27. The smallest absolute Gasteiger partial charge is 0.462 e. The maximum atomic E-state index is 12.6. The number of esters is 2. The van der Waals surface area contributed by atoms with Gasteiger partial charge in [0, 0.05) is 19.4 Å². The van der Waals surface area contributed by atoms with Crippen LogP contribution in [0.15, 0.2) is 12.2 Å². The Balaban J connectivity index is 4.15. The quantitative estimate of drug-likeness (QED) is 0.0269. The first-order chi connectivity index (χ1) is 25.8. The van der Waals surface area contributed by atoms with Gasteiger partial charge in [-0.25, -0.2) is 4.57 Å². The topological polar surface area (TPSA) is 134 Å². The molecule has 0 aromatic rings. The highest BCUT2D eigenvalue weighted by Gasteiger charge is 2.25. The molecule has 0 aromatic carbocycles. The Bertz CT molecular complexity index is 886. The Morgan fingerprint density at radius 2 is 0.962 bits per heavy atom. The summed E-state index contributed by atoms with van der Waals surface area (Å²) in [5.41, 5.74) is 5.34. The van der Waals surface area contributed by atoms with Crippen LogP contribution < -0.4 is 5.73 Å². The van der Waals surface area contributed by atoms with Crippen molar-refractivity contribution in [2.75, 3.05) is 26.4 Å². The molecule has 0 spiro atoms. The molecule has 0 aromatic heterocycles. The summed E-state index contributed by atoms with van der Waals surface area (Å²) < 4.78 is 32.7. The van der Waals surface area contributed by atoms with Gasteiger partial charge in [-0.3, -0.25) is 18.6 Å². The molecule has 3 N–H and O–H groups in total. The molecule has 0 amide bonds. The highest BCUT2D eigenvalue weighted by Crippen LogP contribution is 2.43. The first kappa shape index (κ1) is 51.8. The molecule has 0 aliphatic rings. The first-order valence-electron chi connectivity index (χ1n) is 22.2. The number of phosphoric ester groups is 1. The predicted octanol–water partition coefficient (Wildman–Crippen LogP) is 12.6. The van der Waals surface area contributed by atoms with Gasteiger partial charge in [-0.1, -0.05) is 193 Å². The van der Waals surface area contributed by atoms with Gasteiger partial charge in [0.15, 0.2) is 6.10 Å². The summed E-state index contributed by atoms with van der Waals surface area (Å²) in [6, 6.07) is 0. The van der Waals surface area contributed by atoms with E-state index in [1.165, 1.54) is 154 Å². The Morgan fingerprint density at radius 3 is 1.42 bits per heavy atom. The largest absolute Gasteiger partial charge is 0.472 e. The Morgan fingerprint density at radius 1 is 0.547 bits per heavy atom. The van der Waals surface area contributed by atoms with Crippen molar-refractivity contribution in [3.8, 4) is 0 Å². The number of carbonyl (C=O) groups excluding carboxylic acids is 2. The van der Waals surface area contributed by atoms with E-state index in [1.807, 2.05) is 6.08 Å². The molecular weight excluding hydrogens is 689 g/mol. The van der Waals surface area contributed by atoms with Gasteiger partial charge in [0.2, 0.25) is 0 Å². The van der Waals surface area contributed by atoms with Crippen LogP contribution >= 0.6 is 7.82 Å². The average Bonchev–Trinajstić information content (AvgIpc) is 3.14. The van der Waals surface area contributed by atoms with Crippen molar-refractivity contribution >= 4 is 19.8 Å². The zero-order valence-corrected chi connectivity index (χ0v) is 35.4. The van der Waals surface area contributed by atoms with Crippen LogP contribution in [0, 0.1) is 0 Å². The second-order valence-corrected chi connectivity index (χ2v) is 16.4. The highest BCUT2D eigenvalue weighted by molar-refractivity contribution is 7.47. The molecule has 0 saturated carbocycles. The number of phosphoric acid groups is 1. The minimum Gasteiger partial charge on any atom is -0.462 e. The summed E-state index contributed by atoms with van der Waals surface area (Å²) in [5, 5.41) is 0. The zero-order chi connectivity index (χ0) is 38.9. The fourth-order valence-corrected chi connectivity index (χ4v) is 7.12. The minimum absolute atomic E-state index is 0.0517. The standard InChI is InChI=1S/C43H84NO8P/c1-3-5-7-9-11-13-15-17-19-20-22-24-26-28-30-32-34-36-43(46)52-41(40-51-53(47,48)50-38-37-44)39-49-42(45)35-33-31-29-27-25-23-21-18-16-14-12-10-8-6-4-2/h30,32,41H,3-29,31,33-40,44H2,1-2H3,(H,47,48). The minimum atomic E-state index is -4.38. The summed E-state index contributed by atoms with van der Waals surface area (Å²) in [6.45, 7) is 3.72. The summed E-state index contributed by atoms with van der Waals surface area (Å²) in [5.74, 6) is -0.873. The predicted molar refractivity (Wildman–Crippen MR) is 220 cm³/mol. The van der Waals surface area contributed by atoms with Crippen LogP contribution in [-0.2, 0) is 32.7 Å². The molecule has 9 nitrogen and oxygen atoms in total. The van der Waals surface area contributed by atoms with Crippen molar-refractivity contribution in [2.45, 2.75) is 225 Å². The fraction of sp³-hybridized carbons (Fsp3) is 0.907. The number of carbonyl (C=O) groups is 2. The second-order valence-electron chi connectivity index (χ2n) is 14.9. The first-order valence-corrected chi connectivity index (χ1v) is 23.7. The van der Waals surface area contributed by atoms with Crippen molar-refractivity contribution in [3.05, 3.63) is 12.2 Å². The van der Waals surface area contributed by atoms with Gasteiger partial charge >= 0.3 is 19.8 Å². The Kier molecular flexibility index (Phi) is 39.5. The van der Waals surface area contributed by atoms with Crippen molar-refractivity contribution in [3.63, 3.8) is 0 Å². The molecule has 0 aliphatic heterocycles. The van der Waals surface area contributed by atoms with Gasteiger partial charge in [0.05, 0.1) is 13.2 Å². The molecule has 2 atom stereocenters. The molecule has 0 rings (SSSR count). The van der Waals surface area contributed by atoms with Crippen LogP contribution in [0.3, 0.4) is 0 Å². The van der Waals surface area contributed by atoms with Gasteiger partial charge in [-0.05, 0) is 25.7 Å². The summed E-state index contributed by atoms with van der Waals surface area (Å²) in [7, 11) is -4.38. The number of nitrogens with two attached hydrogens (primary N) is 1. The Hall–Kier alpha value is -1.25. The van der Waals surface area contributed by atoms with Crippen LogP contribution in [0.5, 0.6) is 0 Å². The monoisotopic (exact) mass is 774 g/mol. The SMILES string of the molecule is CCCCCCCCCCCCCCCC=CCCC(=O)OC(COC(=O)CCCCCCCCCCCCCCCCC)COP(=O)(O)OCCN. The average molecular weight is 774 g/mol. The molecule has 0 fully saturated rings. The molecule has 2 unspecified atom stereocenters. The summed E-state index contributed by atoms with van der Waals surface area (Å²) >= 11 is 0. The van der Waals surface area contributed by atoms with Gasteiger partial charge in [-0.2, -0.15) is 0 Å². The van der Waals surface area contributed by atoms with Gasteiger partial charge in [0.25, 0.3) is 0 Å². The van der Waals surface area contributed by atoms with Crippen molar-refractivity contribution in [1.82, 2.24) is 0 Å². The van der Waals surface area contributed by atoms with Gasteiger partial charge < -0.3 is 20.1 Å². The molecule has 53 heavy (non-hydrogen) atoms.